The molecule has 0 aliphatic rings. The lowest BCUT2D eigenvalue weighted by atomic mass is 9.93. The summed E-state index contributed by atoms with van der Waals surface area (Å²) >= 11 is 0. The van der Waals surface area contributed by atoms with E-state index in [1.54, 1.807) is 0 Å². The first kappa shape index (κ1) is 25.6. The van der Waals surface area contributed by atoms with Crippen LogP contribution in [0.4, 0.5) is 0 Å². The largest absolute Gasteiger partial charge is 0.417 e. The second-order valence-electron chi connectivity index (χ2n) is 9.23. The number of rotatable bonds is 9. The molecule has 29 heavy (non-hydrogen) atoms. The fraction of sp³-hybridized carbons (Fsp3) is 0.520. The summed E-state index contributed by atoms with van der Waals surface area (Å²) < 4.78 is 6.56. The van der Waals surface area contributed by atoms with Crippen LogP contribution in [0.15, 0.2) is 60.7 Å². The smallest absolute Gasteiger partial charge is 0.191 e. The van der Waals surface area contributed by atoms with E-state index in [9.17, 15) is 0 Å². The van der Waals surface area contributed by atoms with Crippen LogP contribution in [0.1, 0.15) is 38.3 Å². The van der Waals surface area contributed by atoms with Crippen molar-refractivity contribution in [2.75, 3.05) is 19.7 Å². The van der Waals surface area contributed by atoms with Crippen LogP contribution in [0.25, 0.3) is 0 Å². The molecule has 1 atom stereocenters. The Hall–Kier alpha value is -1.46. The molecular formula is C25H42N2OSi. The Kier molecular flexibility index (Phi) is 11.4. The van der Waals surface area contributed by atoms with Crippen molar-refractivity contribution in [1.82, 2.24) is 0 Å². The van der Waals surface area contributed by atoms with Crippen LogP contribution >= 0.6 is 0 Å². The van der Waals surface area contributed by atoms with Gasteiger partial charge in [-0.15, -0.1) is 0 Å². The first-order valence-electron chi connectivity index (χ1n) is 10.8. The summed E-state index contributed by atoms with van der Waals surface area (Å²) in [6, 6.07) is 21.7. The zero-order valence-corrected chi connectivity index (χ0v) is 20.2. The van der Waals surface area contributed by atoms with Gasteiger partial charge in [0.1, 0.15) is 0 Å². The lowest BCUT2D eigenvalue weighted by molar-refractivity contribution is 0.219. The number of hydrogen-bond acceptors (Lipinski definition) is 3. The van der Waals surface area contributed by atoms with Crippen molar-refractivity contribution in [3.63, 3.8) is 0 Å². The average molecular weight is 415 g/mol. The molecule has 0 aliphatic heterocycles. The van der Waals surface area contributed by atoms with Crippen molar-refractivity contribution in [3.05, 3.63) is 71.8 Å². The topological polar surface area (TPSA) is 61.3 Å². The maximum absolute atomic E-state index is 6.56. The molecule has 162 valence electrons. The number of benzene rings is 2. The maximum atomic E-state index is 6.56. The van der Waals surface area contributed by atoms with E-state index in [2.05, 4.69) is 94.5 Å². The Labute approximate surface area is 180 Å². The van der Waals surface area contributed by atoms with Gasteiger partial charge in [0.15, 0.2) is 8.32 Å². The highest BCUT2D eigenvalue weighted by Gasteiger charge is 2.37. The summed E-state index contributed by atoms with van der Waals surface area (Å²) in [5.74, 6) is 0.566. The van der Waals surface area contributed by atoms with Crippen molar-refractivity contribution >= 4 is 8.32 Å². The molecule has 4 N–H and O–H groups in total. The quantitative estimate of drug-likeness (QED) is 0.540. The molecule has 0 saturated heterocycles. The highest BCUT2D eigenvalue weighted by molar-refractivity contribution is 6.74. The minimum atomic E-state index is -1.69. The van der Waals surface area contributed by atoms with Gasteiger partial charge in [-0.05, 0) is 54.4 Å². The molecule has 0 radical (unpaired) electrons. The van der Waals surface area contributed by atoms with Crippen molar-refractivity contribution in [1.29, 1.82) is 0 Å². The van der Waals surface area contributed by atoms with Gasteiger partial charge in [0.05, 0.1) is 0 Å². The standard InChI is InChI=1S/C23H34OSi.C2H8N2/c1-23(2,3)25(4,5)24-19-22(18-21-14-10-7-11-15-21)17-16-20-12-8-6-9-13-20;3-1-2-4/h6-15,22H,16-19H2,1-5H3;1-4H2. The van der Waals surface area contributed by atoms with E-state index >= 15 is 0 Å². The van der Waals surface area contributed by atoms with Crippen LogP contribution in [0, 0.1) is 5.92 Å². The van der Waals surface area contributed by atoms with Crippen LogP contribution in [0.3, 0.4) is 0 Å². The minimum Gasteiger partial charge on any atom is -0.417 e. The third-order valence-corrected chi connectivity index (χ3v) is 10.2. The van der Waals surface area contributed by atoms with Crippen LogP contribution in [0.2, 0.25) is 18.1 Å². The van der Waals surface area contributed by atoms with Gasteiger partial charge >= 0.3 is 0 Å². The molecule has 2 rings (SSSR count). The molecule has 0 aromatic heterocycles. The molecule has 0 fully saturated rings. The second-order valence-corrected chi connectivity index (χ2v) is 14.0. The Morgan fingerprint density at radius 2 is 1.31 bits per heavy atom. The molecule has 0 bridgehead atoms. The van der Waals surface area contributed by atoms with E-state index in [-0.39, 0.29) is 5.04 Å². The molecule has 0 spiro atoms. The highest BCUT2D eigenvalue weighted by Crippen LogP contribution is 2.37. The molecule has 0 amide bonds. The summed E-state index contributed by atoms with van der Waals surface area (Å²) in [7, 11) is -1.69. The van der Waals surface area contributed by atoms with Crippen molar-refractivity contribution < 1.29 is 4.43 Å². The summed E-state index contributed by atoms with van der Waals surface area (Å²) in [6.07, 6.45) is 3.40. The monoisotopic (exact) mass is 414 g/mol. The molecule has 1 unspecified atom stereocenters. The van der Waals surface area contributed by atoms with Crippen LogP contribution < -0.4 is 11.5 Å². The molecule has 3 nitrogen and oxygen atoms in total. The van der Waals surface area contributed by atoms with Gasteiger partial charge in [-0.2, -0.15) is 0 Å². The summed E-state index contributed by atoms with van der Waals surface area (Å²) in [5.41, 5.74) is 12.6. The van der Waals surface area contributed by atoms with E-state index < -0.39 is 8.32 Å². The maximum Gasteiger partial charge on any atom is 0.191 e. The average Bonchev–Trinajstić information content (AvgIpc) is 2.71. The van der Waals surface area contributed by atoms with Gasteiger partial charge in [-0.1, -0.05) is 81.4 Å². The lowest BCUT2D eigenvalue weighted by Gasteiger charge is -2.37. The van der Waals surface area contributed by atoms with Gasteiger partial charge in [0, 0.05) is 19.7 Å². The van der Waals surface area contributed by atoms with E-state index in [0.717, 1.165) is 19.4 Å². The fourth-order valence-electron chi connectivity index (χ4n) is 2.75. The second kappa shape index (κ2) is 13.0. The minimum absolute atomic E-state index is 0.268. The summed E-state index contributed by atoms with van der Waals surface area (Å²) in [4.78, 5) is 0. The van der Waals surface area contributed by atoms with Gasteiger partial charge < -0.3 is 15.9 Å². The Balaban J connectivity index is 0.000000960. The van der Waals surface area contributed by atoms with Gasteiger partial charge in [0.25, 0.3) is 0 Å². The van der Waals surface area contributed by atoms with E-state index in [4.69, 9.17) is 15.9 Å². The van der Waals surface area contributed by atoms with Gasteiger partial charge in [-0.3, -0.25) is 0 Å². The highest BCUT2D eigenvalue weighted by atomic mass is 28.4. The van der Waals surface area contributed by atoms with E-state index in [1.807, 2.05) is 0 Å². The normalized spacial score (nSPS) is 12.8. The van der Waals surface area contributed by atoms with Gasteiger partial charge in [-0.25, -0.2) is 0 Å². The number of aryl methyl sites for hydroxylation is 1. The molecule has 2 aromatic rings. The van der Waals surface area contributed by atoms with E-state index in [0.29, 0.717) is 19.0 Å². The SMILES string of the molecule is CC(C)(C)[Si](C)(C)OCC(CCc1ccccc1)Cc1ccccc1.NCCN. The zero-order valence-electron chi connectivity index (χ0n) is 19.2. The van der Waals surface area contributed by atoms with Crippen LogP contribution in [0.5, 0.6) is 0 Å². The summed E-state index contributed by atoms with van der Waals surface area (Å²) in [5, 5.41) is 0.268. The van der Waals surface area contributed by atoms with Crippen LogP contribution in [-0.4, -0.2) is 28.0 Å². The third kappa shape index (κ3) is 10.2. The number of hydrogen-bond donors (Lipinski definition) is 2. The Morgan fingerprint density at radius 3 is 1.76 bits per heavy atom. The summed E-state index contributed by atoms with van der Waals surface area (Å²) in [6.45, 7) is 13.7. The molecule has 4 heteroatoms. The fourth-order valence-corrected chi connectivity index (χ4v) is 3.84. The van der Waals surface area contributed by atoms with Gasteiger partial charge in [0.2, 0.25) is 0 Å². The molecule has 2 aromatic carbocycles. The van der Waals surface area contributed by atoms with Crippen molar-refractivity contribution in [2.45, 2.75) is 58.2 Å². The molecule has 0 aliphatic carbocycles. The first-order chi connectivity index (χ1) is 13.7. The predicted molar refractivity (Wildman–Crippen MR) is 130 cm³/mol. The van der Waals surface area contributed by atoms with Crippen LogP contribution in [-0.2, 0) is 17.3 Å². The molecular weight excluding hydrogens is 372 g/mol. The van der Waals surface area contributed by atoms with Crippen molar-refractivity contribution in [2.24, 2.45) is 17.4 Å². The zero-order chi connectivity index (χ0) is 21.8. The van der Waals surface area contributed by atoms with E-state index in [1.165, 1.54) is 17.5 Å². The Bertz CT molecular complexity index is 652. The number of nitrogens with two attached hydrogens (primary N) is 2. The molecule has 0 saturated carbocycles. The predicted octanol–water partition coefficient (Wildman–Crippen LogP) is 5.40. The Morgan fingerprint density at radius 1 is 0.828 bits per heavy atom. The molecule has 0 heterocycles. The lowest BCUT2D eigenvalue weighted by Crippen LogP contribution is -2.42. The third-order valence-electron chi connectivity index (χ3n) is 5.70. The van der Waals surface area contributed by atoms with Crippen molar-refractivity contribution in [3.8, 4) is 0 Å². The first-order valence-corrected chi connectivity index (χ1v) is 13.7.